The molecule has 2 heterocycles. The van der Waals surface area contributed by atoms with Crippen LogP contribution in [0.25, 0.3) is 10.9 Å². The molecule has 0 radical (unpaired) electrons. The number of aromatic nitrogens is 3. The molecule has 1 N–H and O–H groups in total. The first kappa shape index (κ1) is 17.7. The van der Waals surface area contributed by atoms with Crippen molar-refractivity contribution >= 4 is 10.9 Å². The molecular formula is C20H20KN3O. The molecule has 2 aliphatic rings. The molecule has 3 aromatic rings. The van der Waals surface area contributed by atoms with E-state index in [1.807, 2.05) is 0 Å². The van der Waals surface area contributed by atoms with Gasteiger partial charge < -0.3 is 10.1 Å². The van der Waals surface area contributed by atoms with Gasteiger partial charge in [0.15, 0.2) is 0 Å². The second kappa shape index (κ2) is 6.46. The second-order valence-electron chi connectivity index (χ2n) is 7.64. The minimum absolute atomic E-state index is 0. The molecule has 4 nitrogen and oxygen atoms in total. The summed E-state index contributed by atoms with van der Waals surface area (Å²) in [6.45, 7) is 2.32. The number of fused-ring (bicyclic) bond motifs is 1. The number of hydrogen-bond donors (Lipinski definition) is 1. The first-order valence-corrected chi connectivity index (χ1v) is 8.75. The normalized spacial score (nSPS) is 18.1. The third-order valence-corrected chi connectivity index (χ3v) is 5.60. The zero-order valence-electron chi connectivity index (χ0n) is 14.8. The average molecular weight is 357 g/mol. The Morgan fingerprint density at radius 1 is 1.24 bits per heavy atom. The summed E-state index contributed by atoms with van der Waals surface area (Å²) in [5.41, 5.74) is 6.28. The van der Waals surface area contributed by atoms with Gasteiger partial charge in [0.05, 0.1) is 5.69 Å². The van der Waals surface area contributed by atoms with Crippen molar-refractivity contribution < 1.29 is 56.5 Å². The first-order valence-electron chi connectivity index (χ1n) is 8.75. The Balaban J connectivity index is 0.00000157. The first-order chi connectivity index (χ1) is 11.6. The Morgan fingerprint density at radius 2 is 2.04 bits per heavy atom. The van der Waals surface area contributed by atoms with Gasteiger partial charge in [-0.1, -0.05) is 19.1 Å². The summed E-state index contributed by atoms with van der Waals surface area (Å²) in [6, 6.07) is 6.84. The molecule has 5 heteroatoms. The van der Waals surface area contributed by atoms with Crippen molar-refractivity contribution in [2.24, 2.45) is 0 Å². The molecular weight excluding hydrogens is 337 g/mol. The van der Waals surface area contributed by atoms with Gasteiger partial charge in [-0.05, 0) is 48.8 Å². The van der Waals surface area contributed by atoms with Gasteiger partial charge in [-0.2, -0.15) is 0 Å². The number of nitrogens with zero attached hydrogens (tertiary/aromatic N) is 2. The fourth-order valence-electron chi connectivity index (χ4n) is 3.73. The fourth-order valence-corrected chi connectivity index (χ4v) is 3.73. The molecule has 0 amide bonds. The maximum Gasteiger partial charge on any atom is 1.00 e. The van der Waals surface area contributed by atoms with Crippen LogP contribution < -0.4 is 56.5 Å². The maximum atomic E-state index is 11.5. The molecule has 0 atom stereocenters. The van der Waals surface area contributed by atoms with Crippen LogP contribution in [0.3, 0.4) is 0 Å². The van der Waals surface area contributed by atoms with E-state index < -0.39 is 0 Å². The number of H-pyrrole nitrogens is 1. The van der Waals surface area contributed by atoms with Crippen molar-refractivity contribution in [2.75, 3.05) is 0 Å². The Morgan fingerprint density at radius 3 is 2.72 bits per heavy atom. The number of aromatic amines is 1. The van der Waals surface area contributed by atoms with Gasteiger partial charge in [0, 0.05) is 46.7 Å². The monoisotopic (exact) mass is 357 g/mol. The molecule has 0 saturated heterocycles. The van der Waals surface area contributed by atoms with Gasteiger partial charge in [-0.15, -0.1) is 0 Å². The van der Waals surface area contributed by atoms with Crippen molar-refractivity contribution in [1.29, 1.82) is 0 Å². The molecule has 122 valence electrons. The van der Waals surface area contributed by atoms with Crippen LogP contribution in [0.15, 0.2) is 30.6 Å². The van der Waals surface area contributed by atoms with E-state index in [0.717, 1.165) is 11.6 Å². The summed E-state index contributed by atoms with van der Waals surface area (Å²) in [5, 5.41) is 12.8. The van der Waals surface area contributed by atoms with Gasteiger partial charge in [0.2, 0.25) is 0 Å². The smallest absolute Gasteiger partial charge is 0.858 e. The van der Waals surface area contributed by atoms with Crippen LogP contribution in [-0.4, -0.2) is 15.0 Å². The zero-order valence-corrected chi connectivity index (χ0v) is 17.9. The molecule has 2 fully saturated rings. The van der Waals surface area contributed by atoms with Crippen molar-refractivity contribution in [2.45, 2.75) is 50.4 Å². The van der Waals surface area contributed by atoms with Gasteiger partial charge in [-0.3, -0.25) is 9.97 Å². The van der Waals surface area contributed by atoms with E-state index in [1.54, 1.807) is 6.20 Å². The molecule has 1 aromatic carbocycles. The Hall–Kier alpha value is -0.724. The molecule has 2 aromatic heterocycles. The van der Waals surface area contributed by atoms with Gasteiger partial charge in [-0.25, -0.2) is 0 Å². The average Bonchev–Trinajstić information content (AvgIpc) is 3.48. The van der Waals surface area contributed by atoms with E-state index in [0.29, 0.717) is 6.42 Å². The quantitative estimate of drug-likeness (QED) is 0.694. The van der Waals surface area contributed by atoms with E-state index in [-0.39, 0.29) is 62.7 Å². The van der Waals surface area contributed by atoms with Crippen LogP contribution in [0.5, 0.6) is 5.88 Å². The summed E-state index contributed by atoms with van der Waals surface area (Å²) in [6.07, 6.45) is 8.70. The number of nitrogens with one attached hydrogen (secondary N) is 1. The van der Waals surface area contributed by atoms with Crippen molar-refractivity contribution in [3.05, 3.63) is 53.1 Å². The fraction of sp³-hybridized carbons (Fsp3) is 0.400. The summed E-state index contributed by atoms with van der Waals surface area (Å²) >= 11 is 0. The molecule has 0 unspecified atom stereocenters. The van der Waals surface area contributed by atoms with Crippen molar-refractivity contribution in [3.63, 3.8) is 0 Å². The summed E-state index contributed by atoms with van der Waals surface area (Å²) < 4.78 is 0. The topological polar surface area (TPSA) is 64.6 Å². The van der Waals surface area contributed by atoms with Crippen LogP contribution in [0.4, 0.5) is 0 Å². The minimum Gasteiger partial charge on any atom is -0.858 e. The molecule has 2 aliphatic carbocycles. The second-order valence-corrected chi connectivity index (χ2v) is 7.64. The summed E-state index contributed by atoms with van der Waals surface area (Å²) in [7, 11) is 0. The van der Waals surface area contributed by atoms with E-state index >= 15 is 0 Å². The van der Waals surface area contributed by atoms with Crippen molar-refractivity contribution in [1.82, 2.24) is 15.0 Å². The minimum atomic E-state index is -0.262. The SMILES string of the molecule is CC1(c2[nH]c3cc(C4CC4)ccc3c2Cc2cncc([O-])n2)CC1.[K+]. The maximum absolute atomic E-state index is 11.5. The van der Waals surface area contributed by atoms with Gasteiger partial charge >= 0.3 is 51.4 Å². The predicted octanol–water partition coefficient (Wildman–Crippen LogP) is 0.555. The van der Waals surface area contributed by atoms with E-state index in [2.05, 4.69) is 40.1 Å². The van der Waals surface area contributed by atoms with E-state index in [9.17, 15) is 5.11 Å². The third kappa shape index (κ3) is 3.33. The zero-order chi connectivity index (χ0) is 16.3. The van der Waals surface area contributed by atoms with Crippen LogP contribution in [0.1, 0.15) is 61.0 Å². The summed E-state index contributed by atoms with van der Waals surface area (Å²) in [5.74, 6) is 0.492. The molecule has 5 rings (SSSR count). The van der Waals surface area contributed by atoms with Gasteiger partial charge in [0.1, 0.15) is 0 Å². The largest absolute Gasteiger partial charge is 1.00 e. The summed E-state index contributed by atoms with van der Waals surface area (Å²) in [4.78, 5) is 11.8. The predicted molar refractivity (Wildman–Crippen MR) is 91.1 cm³/mol. The number of benzene rings is 1. The Bertz CT molecular complexity index is 941. The third-order valence-electron chi connectivity index (χ3n) is 5.60. The Kier molecular flexibility index (Phi) is 4.57. The van der Waals surface area contributed by atoms with Crippen LogP contribution in [0.2, 0.25) is 0 Å². The number of rotatable bonds is 4. The van der Waals surface area contributed by atoms with Crippen molar-refractivity contribution in [3.8, 4) is 5.88 Å². The van der Waals surface area contributed by atoms with Crippen LogP contribution >= 0.6 is 0 Å². The molecule has 2 saturated carbocycles. The van der Waals surface area contributed by atoms with Crippen LogP contribution in [-0.2, 0) is 11.8 Å². The molecule has 0 bridgehead atoms. The number of hydrogen-bond acceptors (Lipinski definition) is 3. The van der Waals surface area contributed by atoms with E-state index in [1.165, 1.54) is 59.6 Å². The molecule has 0 aliphatic heterocycles. The molecule has 0 spiro atoms. The molecule has 25 heavy (non-hydrogen) atoms. The van der Waals surface area contributed by atoms with Crippen LogP contribution in [0, 0.1) is 0 Å². The standard InChI is InChI=1S/C20H21N3O.K/c1-20(6-7-20)19-16(9-14-10-21-11-18(24)22-14)15-5-4-13(12-2-3-12)8-17(15)23-19;/h4-5,8,10-12,23H,2-3,6-7,9H2,1H3,(H,22,24);/q;+1/p-1. The van der Waals surface area contributed by atoms with E-state index in [4.69, 9.17) is 0 Å². The Labute approximate surface area is 189 Å². The van der Waals surface area contributed by atoms with Gasteiger partial charge in [0.25, 0.3) is 0 Å².